The van der Waals surface area contributed by atoms with E-state index in [0.29, 0.717) is 35.8 Å². The van der Waals surface area contributed by atoms with Crippen molar-refractivity contribution in [2.24, 2.45) is 0 Å². The second-order valence-electron chi connectivity index (χ2n) is 10.0. The quantitative estimate of drug-likeness (QED) is 0.189. The van der Waals surface area contributed by atoms with Crippen LogP contribution in [0, 0.1) is 6.92 Å². The zero-order valence-corrected chi connectivity index (χ0v) is 22.9. The molecule has 0 radical (unpaired) electrons. The van der Waals surface area contributed by atoms with Crippen molar-refractivity contribution in [3.8, 4) is 11.3 Å². The summed E-state index contributed by atoms with van der Waals surface area (Å²) in [6.07, 6.45) is 2.38. The van der Waals surface area contributed by atoms with Crippen molar-refractivity contribution in [3.05, 3.63) is 83.3 Å². The number of hydrogen-bond donors (Lipinski definition) is 1. The molecule has 0 spiro atoms. The number of fused-ring (bicyclic) bond motifs is 1. The molecule has 0 aliphatic rings. The highest BCUT2D eigenvalue weighted by Gasteiger charge is 2.34. The molecule has 206 valence electrons. The summed E-state index contributed by atoms with van der Waals surface area (Å²) < 4.78 is 41.1. The predicted molar refractivity (Wildman–Crippen MR) is 152 cm³/mol. The number of anilines is 1. The van der Waals surface area contributed by atoms with E-state index in [-0.39, 0.29) is 5.69 Å². The first-order valence-electron chi connectivity index (χ1n) is 13.6. The first kappa shape index (κ1) is 28.5. The number of pyridine rings is 1. The van der Waals surface area contributed by atoms with Gasteiger partial charge in [-0.1, -0.05) is 56.5 Å². The summed E-state index contributed by atoms with van der Waals surface area (Å²) in [6, 6.07) is 15.8. The van der Waals surface area contributed by atoms with E-state index in [9.17, 15) is 13.2 Å². The summed E-state index contributed by atoms with van der Waals surface area (Å²) in [5, 5.41) is 4.23. The Kier molecular flexibility index (Phi) is 9.51. The summed E-state index contributed by atoms with van der Waals surface area (Å²) >= 11 is 0. The minimum atomic E-state index is -4.50. The molecule has 1 N–H and O–H groups in total. The molecule has 0 atom stereocenters. The topological polar surface area (TPSA) is 53.9 Å². The maximum atomic E-state index is 13.7. The third kappa shape index (κ3) is 7.53. The molecular formula is C31H36F3N5. The molecule has 5 nitrogen and oxygen atoms in total. The summed E-state index contributed by atoms with van der Waals surface area (Å²) in [5.74, 6) is 1.32. The van der Waals surface area contributed by atoms with E-state index in [1.807, 2.05) is 19.2 Å². The molecule has 8 heteroatoms. The second kappa shape index (κ2) is 13.0. The monoisotopic (exact) mass is 535 g/mol. The summed E-state index contributed by atoms with van der Waals surface area (Å²) in [7, 11) is 2.05. The second-order valence-corrected chi connectivity index (χ2v) is 10.0. The fraction of sp³-hybridized carbons (Fsp3) is 0.387. The lowest BCUT2D eigenvalue weighted by Crippen LogP contribution is -2.21. The maximum absolute atomic E-state index is 13.7. The molecule has 0 aliphatic carbocycles. The lowest BCUT2D eigenvalue weighted by Gasteiger charge is -2.18. The zero-order valence-electron chi connectivity index (χ0n) is 22.9. The molecule has 39 heavy (non-hydrogen) atoms. The minimum Gasteiger partial charge on any atom is -0.369 e. The molecule has 2 aromatic carbocycles. The van der Waals surface area contributed by atoms with Gasteiger partial charge in [-0.2, -0.15) is 13.2 Å². The third-order valence-electron chi connectivity index (χ3n) is 6.88. The smallest absolute Gasteiger partial charge is 0.369 e. The summed E-state index contributed by atoms with van der Waals surface area (Å²) in [4.78, 5) is 15.9. The molecule has 2 heterocycles. The van der Waals surface area contributed by atoms with Crippen LogP contribution < -0.4 is 5.32 Å². The van der Waals surface area contributed by atoms with E-state index >= 15 is 0 Å². The standard InChI is InChI=1S/C31H36F3N5/c1-4-5-6-9-19-39(3)21-28-37-27-20-24(29-26(31(32,33)34)13-10-17-35-29)14-15-25(27)30(38-28)36-18-16-23-12-8-7-11-22(23)2/h7-8,10-15,17,20H,4-6,9,16,18-19,21H2,1-3H3,(H,36,37,38). The average molecular weight is 536 g/mol. The molecular weight excluding hydrogens is 499 g/mol. The van der Waals surface area contributed by atoms with E-state index in [4.69, 9.17) is 9.97 Å². The van der Waals surface area contributed by atoms with Crippen molar-refractivity contribution in [3.63, 3.8) is 0 Å². The van der Waals surface area contributed by atoms with Gasteiger partial charge >= 0.3 is 6.18 Å². The molecule has 0 unspecified atom stereocenters. The Morgan fingerprint density at radius 2 is 1.77 bits per heavy atom. The normalized spacial score (nSPS) is 11.9. The molecule has 0 amide bonds. The molecule has 4 aromatic rings. The van der Waals surface area contributed by atoms with Gasteiger partial charge in [-0.15, -0.1) is 0 Å². The van der Waals surface area contributed by atoms with Gasteiger partial charge in [-0.05, 0) is 68.8 Å². The number of hydrogen-bond acceptors (Lipinski definition) is 5. The number of aryl methyl sites for hydroxylation is 1. The van der Waals surface area contributed by atoms with Gasteiger partial charge in [0.2, 0.25) is 0 Å². The number of unbranched alkanes of at least 4 members (excludes halogenated alkanes) is 3. The fourth-order valence-corrected chi connectivity index (χ4v) is 4.73. The predicted octanol–water partition coefficient (Wildman–Crippen LogP) is 7.69. The molecule has 2 aromatic heterocycles. The van der Waals surface area contributed by atoms with Crippen LogP contribution in [0.3, 0.4) is 0 Å². The number of nitrogens with one attached hydrogen (secondary N) is 1. The van der Waals surface area contributed by atoms with Crippen molar-refractivity contribution < 1.29 is 13.2 Å². The zero-order chi connectivity index (χ0) is 27.8. The number of nitrogens with zero attached hydrogens (tertiary/aromatic N) is 4. The number of rotatable bonds is 12. The molecule has 0 saturated carbocycles. The van der Waals surface area contributed by atoms with E-state index in [1.165, 1.54) is 42.7 Å². The van der Waals surface area contributed by atoms with Crippen LogP contribution in [0.4, 0.5) is 19.0 Å². The fourth-order valence-electron chi connectivity index (χ4n) is 4.73. The number of benzene rings is 2. The minimum absolute atomic E-state index is 0.103. The molecule has 0 saturated heterocycles. The van der Waals surface area contributed by atoms with Crippen LogP contribution in [0.25, 0.3) is 22.2 Å². The first-order chi connectivity index (χ1) is 18.8. The van der Waals surface area contributed by atoms with E-state index in [1.54, 1.807) is 18.2 Å². The number of aromatic nitrogens is 3. The van der Waals surface area contributed by atoms with Crippen molar-refractivity contribution in [2.45, 2.75) is 58.7 Å². The molecule has 0 fully saturated rings. The Morgan fingerprint density at radius 1 is 0.949 bits per heavy atom. The van der Waals surface area contributed by atoms with Crippen LogP contribution in [-0.4, -0.2) is 40.0 Å². The lowest BCUT2D eigenvalue weighted by molar-refractivity contribution is -0.137. The first-order valence-corrected chi connectivity index (χ1v) is 13.6. The van der Waals surface area contributed by atoms with Crippen LogP contribution in [0.1, 0.15) is 55.1 Å². The number of halogens is 3. The van der Waals surface area contributed by atoms with Crippen LogP contribution in [0.15, 0.2) is 60.8 Å². The van der Waals surface area contributed by atoms with Gasteiger partial charge in [0.25, 0.3) is 0 Å². The average Bonchev–Trinajstić information content (AvgIpc) is 2.91. The molecule has 0 aliphatic heterocycles. The van der Waals surface area contributed by atoms with Crippen LogP contribution in [-0.2, 0) is 19.1 Å². The highest BCUT2D eigenvalue weighted by atomic mass is 19.4. The van der Waals surface area contributed by atoms with Gasteiger partial charge in [0.1, 0.15) is 11.6 Å². The Hall–Kier alpha value is -3.52. The van der Waals surface area contributed by atoms with Gasteiger partial charge in [-0.25, -0.2) is 9.97 Å². The van der Waals surface area contributed by atoms with E-state index < -0.39 is 11.7 Å². The van der Waals surface area contributed by atoms with Crippen molar-refractivity contribution in [2.75, 3.05) is 25.5 Å². The maximum Gasteiger partial charge on any atom is 0.418 e. The summed E-state index contributed by atoms with van der Waals surface area (Å²) in [5.41, 5.74) is 2.59. The van der Waals surface area contributed by atoms with Gasteiger partial charge in [0.05, 0.1) is 23.3 Å². The van der Waals surface area contributed by atoms with Gasteiger partial charge in [-0.3, -0.25) is 9.88 Å². The molecule has 4 rings (SSSR count). The van der Waals surface area contributed by atoms with Gasteiger partial charge in [0.15, 0.2) is 0 Å². The van der Waals surface area contributed by atoms with Gasteiger partial charge in [0, 0.05) is 23.7 Å². The SMILES string of the molecule is CCCCCCN(C)Cc1nc(NCCc2ccccc2C)c2ccc(-c3ncccc3C(F)(F)F)cc2n1. The van der Waals surface area contributed by atoms with E-state index in [0.717, 1.165) is 30.8 Å². The Morgan fingerprint density at radius 3 is 2.54 bits per heavy atom. The Labute approximate surface area is 228 Å². The van der Waals surface area contributed by atoms with Crippen LogP contribution in [0.2, 0.25) is 0 Å². The van der Waals surface area contributed by atoms with Crippen molar-refractivity contribution in [1.82, 2.24) is 19.9 Å². The van der Waals surface area contributed by atoms with Crippen molar-refractivity contribution in [1.29, 1.82) is 0 Å². The largest absolute Gasteiger partial charge is 0.418 e. The lowest BCUT2D eigenvalue weighted by atomic mass is 10.0. The van der Waals surface area contributed by atoms with Gasteiger partial charge < -0.3 is 5.32 Å². The molecule has 0 bridgehead atoms. The van der Waals surface area contributed by atoms with E-state index in [2.05, 4.69) is 41.2 Å². The Bertz CT molecular complexity index is 1390. The number of alkyl halides is 3. The summed E-state index contributed by atoms with van der Waals surface area (Å²) in [6.45, 7) is 6.44. The highest BCUT2D eigenvalue weighted by Crippen LogP contribution is 2.36. The highest BCUT2D eigenvalue weighted by molar-refractivity contribution is 5.92. The van der Waals surface area contributed by atoms with Crippen LogP contribution >= 0.6 is 0 Å². The van der Waals surface area contributed by atoms with Crippen molar-refractivity contribution >= 4 is 16.7 Å². The third-order valence-corrected chi connectivity index (χ3v) is 6.88. The Balaban J connectivity index is 1.65. The van der Waals surface area contributed by atoms with Crippen LogP contribution in [0.5, 0.6) is 0 Å².